The van der Waals surface area contributed by atoms with Crippen LogP contribution in [-0.2, 0) is 11.8 Å². The number of nitrogens with two attached hydrogens (primary N) is 1. The number of benzene rings is 2. The van der Waals surface area contributed by atoms with E-state index in [9.17, 15) is 4.79 Å². The standard InChI is InChI=1S/C24H28Cl2N2O2/c25-17-9-7-16(8-10-17)24(11-3-1-2-4-12-24)15-28-23(29)19-14-20(26)21(27)18-6-5-13-30-22(18)19/h7-10,14H,1-6,11-13,15,27H2,(H,28,29). The van der Waals surface area contributed by atoms with Gasteiger partial charge in [-0.3, -0.25) is 4.79 Å². The lowest BCUT2D eigenvalue weighted by Gasteiger charge is -2.34. The fourth-order valence-electron chi connectivity index (χ4n) is 4.82. The lowest BCUT2D eigenvalue weighted by Crippen LogP contribution is -2.41. The van der Waals surface area contributed by atoms with Crippen LogP contribution in [0.5, 0.6) is 5.75 Å². The first-order valence-corrected chi connectivity index (χ1v) is 11.5. The molecular formula is C24H28Cl2N2O2. The molecule has 0 unspecified atom stereocenters. The smallest absolute Gasteiger partial charge is 0.255 e. The highest BCUT2D eigenvalue weighted by molar-refractivity contribution is 6.33. The van der Waals surface area contributed by atoms with E-state index in [1.807, 2.05) is 12.1 Å². The van der Waals surface area contributed by atoms with Crippen molar-refractivity contribution < 1.29 is 9.53 Å². The van der Waals surface area contributed by atoms with Gasteiger partial charge in [-0.15, -0.1) is 0 Å². The predicted molar refractivity (Wildman–Crippen MR) is 123 cm³/mol. The molecule has 1 aliphatic heterocycles. The van der Waals surface area contributed by atoms with E-state index >= 15 is 0 Å². The number of amides is 1. The summed E-state index contributed by atoms with van der Waals surface area (Å²) in [5.41, 5.74) is 9.13. The van der Waals surface area contributed by atoms with Crippen molar-refractivity contribution in [1.82, 2.24) is 5.32 Å². The number of rotatable bonds is 4. The molecule has 0 spiro atoms. The van der Waals surface area contributed by atoms with Gasteiger partial charge in [-0.25, -0.2) is 0 Å². The zero-order chi connectivity index (χ0) is 21.1. The number of ether oxygens (including phenoxy) is 1. The molecular weight excluding hydrogens is 419 g/mol. The molecule has 160 valence electrons. The normalized spacial score (nSPS) is 18.1. The summed E-state index contributed by atoms with van der Waals surface area (Å²) < 4.78 is 5.83. The van der Waals surface area contributed by atoms with Crippen molar-refractivity contribution >= 4 is 34.8 Å². The van der Waals surface area contributed by atoms with Crippen LogP contribution in [0.3, 0.4) is 0 Å². The SMILES string of the molecule is Nc1c(Cl)cc(C(=O)NCC2(c3ccc(Cl)cc3)CCCCCC2)c2c1CCCO2. The van der Waals surface area contributed by atoms with Crippen molar-refractivity contribution in [1.29, 1.82) is 0 Å². The molecule has 1 aliphatic carbocycles. The molecule has 0 bridgehead atoms. The van der Waals surface area contributed by atoms with Crippen LogP contribution in [0.4, 0.5) is 5.69 Å². The topological polar surface area (TPSA) is 64.4 Å². The summed E-state index contributed by atoms with van der Waals surface area (Å²) in [6.07, 6.45) is 8.53. The molecule has 1 saturated carbocycles. The fraction of sp³-hybridized carbons (Fsp3) is 0.458. The van der Waals surface area contributed by atoms with Gasteiger partial charge in [0, 0.05) is 22.5 Å². The maximum Gasteiger partial charge on any atom is 0.255 e. The second-order valence-corrected chi connectivity index (χ2v) is 9.31. The Hall–Kier alpha value is -1.91. The minimum Gasteiger partial charge on any atom is -0.492 e. The van der Waals surface area contributed by atoms with Crippen LogP contribution in [-0.4, -0.2) is 19.1 Å². The number of nitrogen functional groups attached to an aromatic ring is 1. The van der Waals surface area contributed by atoms with Crippen LogP contribution in [0.25, 0.3) is 0 Å². The third-order valence-corrected chi connectivity index (χ3v) is 7.10. The average Bonchev–Trinajstić information content (AvgIpc) is 3.02. The molecule has 3 N–H and O–H groups in total. The Bertz CT molecular complexity index is 920. The molecule has 1 heterocycles. The van der Waals surface area contributed by atoms with Crippen LogP contribution in [0.1, 0.15) is 66.4 Å². The molecule has 2 aromatic rings. The zero-order valence-electron chi connectivity index (χ0n) is 17.1. The van der Waals surface area contributed by atoms with Crippen molar-refractivity contribution in [2.75, 3.05) is 18.9 Å². The summed E-state index contributed by atoms with van der Waals surface area (Å²) in [4.78, 5) is 13.2. The van der Waals surface area contributed by atoms with Crippen molar-refractivity contribution in [2.24, 2.45) is 0 Å². The molecule has 2 aliphatic rings. The summed E-state index contributed by atoms with van der Waals surface area (Å²) >= 11 is 12.5. The van der Waals surface area contributed by atoms with Crippen LogP contribution < -0.4 is 15.8 Å². The Labute approximate surface area is 188 Å². The summed E-state index contributed by atoms with van der Waals surface area (Å²) in [5, 5.41) is 4.33. The van der Waals surface area contributed by atoms with Gasteiger partial charge in [0.1, 0.15) is 5.75 Å². The van der Waals surface area contributed by atoms with Crippen LogP contribution >= 0.6 is 23.2 Å². The minimum atomic E-state index is -0.160. The van der Waals surface area contributed by atoms with Crippen molar-refractivity contribution in [3.63, 3.8) is 0 Å². The lowest BCUT2D eigenvalue weighted by atomic mass is 9.74. The number of anilines is 1. The number of fused-ring (bicyclic) bond motifs is 1. The first-order valence-electron chi connectivity index (χ1n) is 10.8. The van der Waals surface area contributed by atoms with Gasteiger partial charge in [-0.05, 0) is 49.4 Å². The Balaban J connectivity index is 1.61. The van der Waals surface area contributed by atoms with E-state index in [1.165, 1.54) is 18.4 Å². The summed E-state index contributed by atoms with van der Waals surface area (Å²) in [6.45, 7) is 1.16. The number of carbonyl (C=O) groups is 1. The molecule has 0 radical (unpaired) electrons. The highest BCUT2D eigenvalue weighted by Gasteiger charge is 2.34. The Morgan fingerprint density at radius 2 is 1.77 bits per heavy atom. The maximum absolute atomic E-state index is 13.2. The lowest BCUT2D eigenvalue weighted by molar-refractivity contribution is 0.0935. The molecule has 0 saturated heterocycles. The quantitative estimate of drug-likeness (QED) is 0.452. The first-order chi connectivity index (χ1) is 14.5. The first kappa shape index (κ1) is 21.3. The minimum absolute atomic E-state index is 0.0880. The molecule has 30 heavy (non-hydrogen) atoms. The van der Waals surface area contributed by atoms with E-state index in [-0.39, 0.29) is 11.3 Å². The average molecular weight is 447 g/mol. The zero-order valence-corrected chi connectivity index (χ0v) is 18.6. The largest absolute Gasteiger partial charge is 0.492 e. The third-order valence-electron chi connectivity index (χ3n) is 6.54. The van der Waals surface area contributed by atoms with Gasteiger partial charge in [-0.1, -0.05) is 61.0 Å². The van der Waals surface area contributed by atoms with Crippen LogP contribution in [0.2, 0.25) is 10.0 Å². The molecule has 0 atom stereocenters. The van der Waals surface area contributed by atoms with Crippen LogP contribution in [0.15, 0.2) is 30.3 Å². The second kappa shape index (κ2) is 9.07. The molecule has 4 rings (SSSR count). The summed E-state index contributed by atoms with van der Waals surface area (Å²) in [6, 6.07) is 9.72. The molecule has 2 aromatic carbocycles. The van der Waals surface area contributed by atoms with Gasteiger partial charge >= 0.3 is 0 Å². The number of carbonyl (C=O) groups excluding carboxylic acids is 1. The predicted octanol–water partition coefficient (Wildman–Crippen LogP) is 5.92. The molecule has 1 amide bonds. The Kier molecular flexibility index (Phi) is 6.45. The number of halogens is 2. The van der Waals surface area contributed by atoms with Crippen molar-refractivity contribution in [3.05, 3.63) is 57.1 Å². The third kappa shape index (κ3) is 4.26. The van der Waals surface area contributed by atoms with Crippen LogP contribution in [0, 0.1) is 0 Å². The van der Waals surface area contributed by atoms with Gasteiger partial charge in [0.2, 0.25) is 0 Å². The van der Waals surface area contributed by atoms with E-state index < -0.39 is 0 Å². The number of hydrogen-bond donors (Lipinski definition) is 2. The monoisotopic (exact) mass is 446 g/mol. The summed E-state index contributed by atoms with van der Waals surface area (Å²) in [7, 11) is 0. The Morgan fingerprint density at radius 3 is 2.47 bits per heavy atom. The van der Waals surface area contributed by atoms with Gasteiger partial charge in [-0.2, -0.15) is 0 Å². The van der Waals surface area contributed by atoms with E-state index in [0.717, 1.165) is 49.1 Å². The fourth-order valence-corrected chi connectivity index (χ4v) is 5.17. The van der Waals surface area contributed by atoms with Gasteiger partial charge in [0.15, 0.2) is 0 Å². The highest BCUT2D eigenvalue weighted by Crippen LogP contribution is 2.40. The van der Waals surface area contributed by atoms with Crippen molar-refractivity contribution in [2.45, 2.75) is 56.8 Å². The molecule has 6 heteroatoms. The second-order valence-electron chi connectivity index (χ2n) is 8.46. The van der Waals surface area contributed by atoms with E-state index in [0.29, 0.717) is 35.2 Å². The highest BCUT2D eigenvalue weighted by atomic mass is 35.5. The van der Waals surface area contributed by atoms with E-state index in [4.69, 9.17) is 33.7 Å². The van der Waals surface area contributed by atoms with E-state index in [2.05, 4.69) is 17.4 Å². The maximum atomic E-state index is 13.2. The van der Waals surface area contributed by atoms with Gasteiger partial charge < -0.3 is 15.8 Å². The summed E-state index contributed by atoms with van der Waals surface area (Å²) in [5.74, 6) is 0.426. The number of hydrogen-bond acceptors (Lipinski definition) is 3. The van der Waals surface area contributed by atoms with E-state index in [1.54, 1.807) is 6.07 Å². The van der Waals surface area contributed by atoms with Gasteiger partial charge in [0.05, 0.1) is 22.9 Å². The molecule has 4 nitrogen and oxygen atoms in total. The van der Waals surface area contributed by atoms with Gasteiger partial charge in [0.25, 0.3) is 5.91 Å². The Morgan fingerprint density at radius 1 is 1.07 bits per heavy atom. The number of nitrogens with one attached hydrogen (secondary N) is 1. The van der Waals surface area contributed by atoms with Crippen molar-refractivity contribution in [3.8, 4) is 5.75 Å². The molecule has 0 aromatic heterocycles. The molecule has 1 fully saturated rings.